The van der Waals surface area contributed by atoms with Crippen LogP contribution >= 0.6 is 11.6 Å². The normalized spacial score (nSPS) is 13.8. The Kier molecular flexibility index (Phi) is 4.85. The number of hydrogen-bond donors (Lipinski definition) is 2. The van der Waals surface area contributed by atoms with Crippen molar-refractivity contribution >= 4 is 35.1 Å². The fourth-order valence-corrected chi connectivity index (χ4v) is 2.98. The predicted molar refractivity (Wildman–Crippen MR) is 96.1 cm³/mol. The van der Waals surface area contributed by atoms with E-state index in [1.165, 1.54) is 6.20 Å². The van der Waals surface area contributed by atoms with Gasteiger partial charge in [0.25, 0.3) is 5.91 Å². The molecule has 0 radical (unpaired) electrons. The number of carbonyl (C=O) groups is 2. The first-order valence-corrected chi connectivity index (χ1v) is 8.33. The van der Waals surface area contributed by atoms with Gasteiger partial charge in [0.15, 0.2) is 5.69 Å². The van der Waals surface area contributed by atoms with E-state index in [-0.39, 0.29) is 10.7 Å². The Morgan fingerprint density at radius 2 is 2.00 bits per heavy atom. The largest absolute Gasteiger partial charge is 0.366 e. The van der Waals surface area contributed by atoms with Crippen molar-refractivity contribution in [1.82, 2.24) is 9.97 Å². The molecule has 1 fully saturated rings. The van der Waals surface area contributed by atoms with Gasteiger partial charge in [0, 0.05) is 24.3 Å². The highest BCUT2D eigenvalue weighted by molar-refractivity contribution is 6.34. The molecule has 0 saturated carbocycles. The number of rotatable bonds is 4. The van der Waals surface area contributed by atoms with Gasteiger partial charge in [-0.1, -0.05) is 17.7 Å². The summed E-state index contributed by atoms with van der Waals surface area (Å²) < 4.78 is 0. The molecule has 1 aliphatic rings. The predicted octanol–water partition coefficient (Wildman–Crippen LogP) is 2.39. The summed E-state index contributed by atoms with van der Waals surface area (Å²) in [5.41, 5.74) is 6.87. The fraction of sp³-hybridized carbons (Fsp3) is 0.294. The van der Waals surface area contributed by atoms with Crippen LogP contribution in [0.4, 0.5) is 11.6 Å². The maximum atomic E-state index is 12.6. The number of nitrogens with one attached hydrogen (secondary N) is 1. The molecule has 3 N–H and O–H groups in total. The highest BCUT2D eigenvalue weighted by atomic mass is 35.5. The number of aromatic nitrogens is 2. The second-order valence-corrected chi connectivity index (χ2v) is 6.26. The number of halogens is 1. The van der Waals surface area contributed by atoms with Gasteiger partial charge in [-0.15, -0.1) is 0 Å². The second-order valence-electron chi connectivity index (χ2n) is 5.86. The molecule has 2 heterocycles. The fourth-order valence-electron chi connectivity index (χ4n) is 2.81. The van der Waals surface area contributed by atoms with Gasteiger partial charge in [0.05, 0.1) is 11.2 Å². The number of anilines is 2. The lowest BCUT2D eigenvalue weighted by Gasteiger charge is -2.16. The van der Waals surface area contributed by atoms with Crippen molar-refractivity contribution in [1.29, 1.82) is 0 Å². The summed E-state index contributed by atoms with van der Waals surface area (Å²) in [6.07, 6.45) is 3.59. The van der Waals surface area contributed by atoms with Crippen LogP contribution in [0, 0.1) is 6.92 Å². The van der Waals surface area contributed by atoms with Gasteiger partial charge in [0.2, 0.25) is 11.9 Å². The van der Waals surface area contributed by atoms with Crippen LogP contribution in [0.5, 0.6) is 0 Å². The summed E-state index contributed by atoms with van der Waals surface area (Å²) in [5, 5.41) is 2.91. The van der Waals surface area contributed by atoms with Crippen molar-refractivity contribution in [2.75, 3.05) is 23.3 Å². The van der Waals surface area contributed by atoms with E-state index in [4.69, 9.17) is 17.3 Å². The van der Waals surface area contributed by atoms with E-state index < -0.39 is 11.8 Å². The molecule has 1 aromatic carbocycles. The van der Waals surface area contributed by atoms with E-state index in [0.717, 1.165) is 25.9 Å². The SMILES string of the molecule is Cc1c(NC(=O)c2nc(N3CCCC3)ncc2Cl)cccc1C(N)=O. The number of amides is 2. The Hall–Kier alpha value is -2.67. The Balaban J connectivity index is 1.87. The Bertz CT molecular complexity index is 834. The molecule has 0 bridgehead atoms. The topological polar surface area (TPSA) is 101 Å². The van der Waals surface area contributed by atoms with Crippen molar-refractivity contribution in [3.8, 4) is 0 Å². The van der Waals surface area contributed by atoms with Crippen LogP contribution in [0.3, 0.4) is 0 Å². The maximum absolute atomic E-state index is 12.6. The number of carbonyl (C=O) groups excluding carboxylic acids is 2. The third-order valence-electron chi connectivity index (χ3n) is 4.18. The van der Waals surface area contributed by atoms with Crippen molar-refractivity contribution < 1.29 is 9.59 Å². The number of benzene rings is 1. The zero-order valence-corrected chi connectivity index (χ0v) is 14.5. The molecule has 1 aliphatic heterocycles. The summed E-state index contributed by atoms with van der Waals surface area (Å²) in [4.78, 5) is 34.6. The maximum Gasteiger partial charge on any atom is 0.276 e. The standard InChI is InChI=1S/C17H18ClN5O2/c1-10-11(15(19)24)5-4-6-13(10)21-16(25)14-12(18)9-20-17(22-14)23-7-2-3-8-23/h4-6,9H,2-3,7-8H2,1H3,(H2,19,24)(H,21,25). The van der Waals surface area contributed by atoms with Crippen LogP contribution in [0.2, 0.25) is 5.02 Å². The monoisotopic (exact) mass is 359 g/mol. The second kappa shape index (κ2) is 7.06. The number of nitrogens with two attached hydrogens (primary N) is 1. The van der Waals surface area contributed by atoms with Gasteiger partial charge in [0.1, 0.15) is 0 Å². The van der Waals surface area contributed by atoms with Crippen LogP contribution in [0.15, 0.2) is 24.4 Å². The van der Waals surface area contributed by atoms with Gasteiger partial charge in [-0.2, -0.15) is 0 Å². The molecule has 8 heteroatoms. The third kappa shape index (κ3) is 3.56. The third-order valence-corrected chi connectivity index (χ3v) is 4.46. The van der Waals surface area contributed by atoms with Gasteiger partial charge in [-0.05, 0) is 37.5 Å². The molecule has 2 amide bonds. The minimum Gasteiger partial charge on any atom is -0.366 e. The molecule has 0 atom stereocenters. The lowest BCUT2D eigenvalue weighted by atomic mass is 10.1. The van der Waals surface area contributed by atoms with Gasteiger partial charge in [-0.3, -0.25) is 9.59 Å². The molecule has 2 aromatic rings. The molecule has 25 heavy (non-hydrogen) atoms. The Morgan fingerprint density at radius 3 is 2.68 bits per heavy atom. The number of nitrogens with zero attached hydrogens (tertiary/aromatic N) is 3. The average molecular weight is 360 g/mol. The summed E-state index contributed by atoms with van der Waals surface area (Å²) in [5.74, 6) is -0.516. The van der Waals surface area contributed by atoms with E-state index in [0.29, 0.717) is 22.8 Å². The van der Waals surface area contributed by atoms with Gasteiger partial charge < -0.3 is 16.0 Å². The highest BCUT2D eigenvalue weighted by Gasteiger charge is 2.20. The first kappa shape index (κ1) is 17.2. The smallest absolute Gasteiger partial charge is 0.276 e. The lowest BCUT2D eigenvalue weighted by Crippen LogP contribution is -2.23. The van der Waals surface area contributed by atoms with E-state index in [1.54, 1.807) is 25.1 Å². The summed E-state index contributed by atoms with van der Waals surface area (Å²) in [6, 6.07) is 4.95. The van der Waals surface area contributed by atoms with Crippen LogP contribution in [0.1, 0.15) is 39.3 Å². The zero-order chi connectivity index (χ0) is 18.0. The molecular formula is C17H18ClN5O2. The van der Waals surface area contributed by atoms with Crippen molar-refractivity contribution in [2.45, 2.75) is 19.8 Å². The molecule has 7 nitrogen and oxygen atoms in total. The molecule has 1 aromatic heterocycles. The number of hydrogen-bond acceptors (Lipinski definition) is 5. The molecule has 0 aliphatic carbocycles. The van der Waals surface area contributed by atoms with Gasteiger partial charge >= 0.3 is 0 Å². The molecule has 0 spiro atoms. The lowest BCUT2D eigenvalue weighted by molar-refractivity contribution is 0.0995. The molecule has 3 rings (SSSR count). The van der Waals surface area contributed by atoms with E-state index in [1.807, 2.05) is 4.90 Å². The minimum absolute atomic E-state index is 0.0995. The van der Waals surface area contributed by atoms with E-state index in [2.05, 4.69) is 15.3 Å². The van der Waals surface area contributed by atoms with Crippen LogP contribution < -0.4 is 16.0 Å². The van der Waals surface area contributed by atoms with Crippen LogP contribution in [-0.2, 0) is 0 Å². The van der Waals surface area contributed by atoms with Gasteiger partial charge in [-0.25, -0.2) is 9.97 Å². The van der Waals surface area contributed by atoms with Crippen LogP contribution in [-0.4, -0.2) is 34.9 Å². The Morgan fingerprint density at radius 1 is 1.28 bits per heavy atom. The minimum atomic E-state index is -0.551. The van der Waals surface area contributed by atoms with Crippen LogP contribution in [0.25, 0.3) is 0 Å². The molecule has 1 saturated heterocycles. The van der Waals surface area contributed by atoms with E-state index >= 15 is 0 Å². The highest BCUT2D eigenvalue weighted by Crippen LogP contribution is 2.23. The summed E-state index contributed by atoms with van der Waals surface area (Å²) in [6.45, 7) is 3.44. The summed E-state index contributed by atoms with van der Waals surface area (Å²) in [7, 11) is 0. The first-order chi connectivity index (χ1) is 12.0. The molecule has 130 valence electrons. The van der Waals surface area contributed by atoms with E-state index in [9.17, 15) is 9.59 Å². The quantitative estimate of drug-likeness (QED) is 0.872. The average Bonchev–Trinajstić information content (AvgIpc) is 3.11. The number of primary amides is 1. The van der Waals surface area contributed by atoms with Crippen molar-refractivity contribution in [3.63, 3.8) is 0 Å². The molecular weight excluding hydrogens is 342 g/mol. The summed E-state index contributed by atoms with van der Waals surface area (Å²) >= 11 is 6.11. The Labute approximate surface area is 150 Å². The van der Waals surface area contributed by atoms with Crippen molar-refractivity contribution in [3.05, 3.63) is 46.2 Å². The zero-order valence-electron chi connectivity index (χ0n) is 13.8. The van der Waals surface area contributed by atoms with Crippen molar-refractivity contribution in [2.24, 2.45) is 5.73 Å². The molecule has 0 unspecified atom stereocenters. The first-order valence-electron chi connectivity index (χ1n) is 7.95.